The third kappa shape index (κ3) is 0.940. The fraction of sp³-hybridized carbons (Fsp3) is 0.111. The Kier molecular flexibility index (Phi) is 1.52. The van der Waals surface area contributed by atoms with Gasteiger partial charge in [-0.15, -0.1) is 0 Å². The Labute approximate surface area is 69.7 Å². The summed E-state index contributed by atoms with van der Waals surface area (Å²) in [6.07, 6.45) is 6.09. The topological polar surface area (TPSA) is 53.7 Å². The Morgan fingerprint density at radius 3 is 3.33 bits per heavy atom. The zero-order chi connectivity index (χ0) is 8.39. The highest BCUT2D eigenvalue weighted by atomic mass is 14.7. The summed E-state index contributed by atoms with van der Waals surface area (Å²) in [5, 5.41) is 9.62. The van der Waals surface area contributed by atoms with E-state index in [0.29, 0.717) is 6.42 Å². The number of nitrogens with one attached hydrogen (secondary N) is 2. The number of fused-ring (bicyclic) bond motifs is 1. The van der Waals surface area contributed by atoms with Crippen molar-refractivity contribution < 1.29 is 4.98 Å². The zero-order valence-corrected chi connectivity index (χ0v) is 6.46. The number of aromatic nitrogens is 2. The number of H-pyrrole nitrogens is 2. The van der Waals surface area contributed by atoms with Crippen molar-refractivity contribution in [2.45, 2.75) is 6.42 Å². The van der Waals surface area contributed by atoms with Crippen molar-refractivity contribution in [3.05, 3.63) is 30.2 Å². The summed E-state index contributed by atoms with van der Waals surface area (Å²) in [5.41, 5.74) is 2.11. The summed E-state index contributed by atoms with van der Waals surface area (Å²) in [6.45, 7) is 0. The van der Waals surface area contributed by atoms with Crippen molar-refractivity contribution in [3.63, 3.8) is 0 Å². The maximum absolute atomic E-state index is 8.52. The van der Waals surface area contributed by atoms with Gasteiger partial charge in [0.2, 0.25) is 0 Å². The van der Waals surface area contributed by atoms with Gasteiger partial charge < -0.3 is 4.98 Å². The average Bonchev–Trinajstić information content (AvgIpc) is 2.50. The molecule has 0 fully saturated rings. The van der Waals surface area contributed by atoms with Crippen LogP contribution in [0.4, 0.5) is 0 Å². The van der Waals surface area contributed by atoms with Crippen LogP contribution in [0.25, 0.3) is 10.9 Å². The van der Waals surface area contributed by atoms with Gasteiger partial charge in [-0.05, 0) is 5.56 Å². The normalized spacial score (nSPS) is 9.92. The lowest BCUT2D eigenvalue weighted by molar-refractivity contribution is -0.375. The first-order chi connectivity index (χ1) is 5.92. The largest absolute Gasteiger partial charge is 0.360 e. The Bertz CT molecular complexity index is 436. The maximum Gasteiger partial charge on any atom is 0.176 e. The van der Waals surface area contributed by atoms with Crippen LogP contribution in [-0.4, -0.2) is 4.98 Å². The lowest BCUT2D eigenvalue weighted by Gasteiger charge is -1.85. The summed E-state index contributed by atoms with van der Waals surface area (Å²) in [4.78, 5) is 6.09. The van der Waals surface area contributed by atoms with E-state index in [2.05, 4.69) is 16.0 Å². The Morgan fingerprint density at radius 1 is 1.58 bits per heavy atom. The van der Waals surface area contributed by atoms with Crippen LogP contribution in [0.2, 0.25) is 0 Å². The molecule has 3 nitrogen and oxygen atoms in total. The van der Waals surface area contributed by atoms with E-state index in [9.17, 15) is 0 Å². The molecule has 0 aromatic carbocycles. The van der Waals surface area contributed by atoms with E-state index in [4.69, 9.17) is 5.26 Å². The number of pyridine rings is 1. The molecule has 2 heterocycles. The molecule has 0 aliphatic heterocycles. The monoisotopic (exact) mass is 158 g/mol. The molecule has 2 N–H and O–H groups in total. The molecule has 2 rings (SSSR count). The minimum absolute atomic E-state index is 0.456. The van der Waals surface area contributed by atoms with Gasteiger partial charge in [-0.2, -0.15) is 5.26 Å². The zero-order valence-electron chi connectivity index (χ0n) is 6.46. The van der Waals surface area contributed by atoms with Crippen molar-refractivity contribution in [1.29, 1.82) is 5.26 Å². The van der Waals surface area contributed by atoms with Crippen molar-refractivity contribution in [1.82, 2.24) is 4.98 Å². The highest BCUT2D eigenvalue weighted by Crippen LogP contribution is 2.15. The van der Waals surface area contributed by atoms with E-state index in [1.165, 1.54) is 0 Å². The first-order valence-corrected chi connectivity index (χ1v) is 3.75. The third-order valence-electron chi connectivity index (χ3n) is 1.88. The van der Waals surface area contributed by atoms with Crippen molar-refractivity contribution in [2.24, 2.45) is 0 Å². The van der Waals surface area contributed by atoms with Crippen molar-refractivity contribution in [2.75, 3.05) is 0 Å². The number of nitrogens with zero attached hydrogens (tertiary/aromatic N) is 1. The average molecular weight is 158 g/mol. The van der Waals surface area contributed by atoms with Gasteiger partial charge in [-0.25, -0.2) is 4.98 Å². The fourth-order valence-corrected chi connectivity index (χ4v) is 1.30. The molecule has 0 aliphatic rings. The van der Waals surface area contributed by atoms with Gasteiger partial charge in [-0.1, -0.05) is 0 Å². The number of hydrogen-bond acceptors (Lipinski definition) is 1. The molecule has 2 aromatic rings. The SMILES string of the molecule is N#CCc1c[nH]c2cc[nH+]cc12. The summed E-state index contributed by atoms with van der Waals surface area (Å²) in [5.74, 6) is 0. The molecular weight excluding hydrogens is 150 g/mol. The fourth-order valence-electron chi connectivity index (χ4n) is 1.30. The highest BCUT2D eigenvalue weighted by molar-refractivity contribution is 5.81. The number of aromatic amines is 2. The van der Waals surface area contributed by atoms with Crippen LogP contribution in [0, 0.1) is 11.3 Å². The predicted molar refractivity (Wildman–Crippen MR) is 44.2 cm³/mol. The van der Waals surface area contributed by atoms with Crippen molar-refractivity contribution >= 4 is 10.9 Å². The van der Waals surface area contributed by atoms with Crippen LogP contribution in [0.5, 0.6) is 0 Å². The van der Waals surface area contributed by atoms with Gasteiger partial charge >= 0.3 is 0 Å². The molecule has 0 atom stereocenters. The standard InChI is InChI=1S/C9H7N3/c10-3-1-7-5-12-9-2-4-11-6-8(7)9/h2,4-6,12H,1H2/p+1. The molecule has 12 heavy (non-hydrogen) atoms. The second kappa shape index (κ2) is 2.67. The van der Waals surface area contributed by atoms with Crippen LogP contribution in [0.1, 0.15) is 5.56 Å². The molecule has 0 spiro atoms. The number of nitriles is 1. The van der Waals surface area contributed by atoms with E-state index < -0.39 is 0 Å². The molecular formula is C9H8N3+. The molecule has 0 unspecified atom stereocenters. The lowest BCUT2D eigenvalue weighted by atomic mass is 10.2. The van der Waals surface area contributed by atoms with Crippen molar-refractivity contribution in [3.8, 4) is 6.07 Å². The number of rotatable bonds is 1. The quantitative estimate of drug-likeness (QED) is 0.662. The Morgan fingerprint density at radius 2 is 2.50 bits per heavy atom. The predicted octanol–water partition coefficient (Wildman–Crippen LogP) is 1.05. The Balaban J connectivity index is 2.64. The molecule has 0 bridgehead atoms. The first-order valence-electron chi connectivity index (χ1n) is 3.75. The van der Waals surface area contributed by atoms with Crippen LogP contribution in [0.3, 0.4) is 0 Å². The minimum Gasteiger partial charge on any atom is -0.360 e. The van der Waals surface area contributed by atoms with Crippen LogP contribution < -0.4 is 4.98 Å². The maximum atomic E-state index is 8.52. The molecule has 3 heteroatoms. The molecule has 2 aromatic heterocycles. The van der Waals surface area contributed by atoms with Gasteiger partial charge in [0, 0.05) is 12.3 Å². The summed E-state index contributed by atoms with van der Waals surface area (Å²) < 4.78 is 0. The molecule has 0 amide bonds. The van der Waals surface area contributed by atoms with Gasteiger partial charge in [-0.3, -0.25) is 0 Å². The molecule has 0 radical (unpaired) electrons. The van der Waals surface area contributed by atoms with Crippen LogP contribution >= 0.6 is 0 Å². The van der Waals surface area contributed by atoms with E-state index >= 15 is 0 Å². The second-order valence-corrected chi connectivity index (χ2v) is 2.62. The summed E-state index contributed by atoms with van der Waals surface area (Å²) >= 11 is 0. The molecule has 0 saturated heterocycles. The second-order valence-electron chi connectivity index (χ2n) is 2.62. The minimum atomic E-state index is 0.456. The van der Waals surface area contributed by atoms with Crippen LogP contribution in [-0.2, 0) is 6.42 Å². The third-order valence-corrected chi connectivity index (χ3v) is 1.88. The summed E-state index contributed by atoms with van der Waals surface area (Å²) in [7, 11) is 0. The van der Waals surface area contributed by atoms with E-state index in [1.54, 1.807) is 0 Å². The van der Waals surface area contributed by atoms with Gasteiger partial charge in [0.25, 0.3) is 0 Å². The van der Waals surface area contributed by atoms with Crippen LogP contribution in [0.15, 0.2) is 24.7 Å². The molecule has 58 valence electrons. The number of hydrogen-bond donors (Lipinski definition) is 1. The van der Waals surface area contributed by atoms with Gasteiger partial charge in [0.1, 0.15) is 0 Å². The van der Waals surface area contributed by atoms with E-state index in [-0.39, 0.29) is 0 Å². The summed E-state index contributed by atoms with van der Waals surface area (Å²) in [6, 6.07) is 4.08. The lowest BCUT2D eigenvalue weighted by Crippen LogP contribution is -1.97. The molecule has 0 aliphatic carbocycles. The smallest absolute Gasteiger partial charge is 0.176 e. The van der Waals surface area contributed by atoms with E-state index in [0.717, 1.165) is 16.5 Å². The first kappa shape index (κ1) is 6.86. The molecule has 0 saturated carbocycles. The van der Waals surface area contributed by atoms with Gasteiger partial charge in [0.05, 0.1) is 23.4 Å². The Hall–Kier alpha value is -1.82. The van der Waals surface area contributed by atoms with Gasteiger partial charge in [0.15, 0.2) is 12.4 Å². The highest BCUT2D eigenvalue weighted by Gasteiger charge is 2.03. The van der Waals surface area contributed by atoms with E-state index in [1.807, 2.05) is 24.7 Å².